The molecular formula is C24H18ClN3O. The van der Waals surface area contributed by atoms with Gasteiger partial charge in [-0.05, 0) is 42.0 Å². The lowest BCUT2D eigenvalue weighted by Gasteiger charge is -2.14. The lowest BCUT2D eigenvalue weighted by atomic mass is 10.1. The number of benzene rings is 4. The Morgan fingerprint density at radius 1 is 0.862 bits per heavy atom. The molecule has 4 nitrogen and oxygen atoms in total. The number of ether oxygens (including phenoxy) is 1. The third-order valence-electron chi connectivity index (χ3n) is 5.06. The minimum atomic E-state index is -0.256. The van der Waals surface area contributed by atoms with Gasteiger partial charge in [0, 0.05) is 15.8 Å². The van der Waals surface area contributed by atoms with Crippen molar-refractivity contribution in [2.24, 2.45) is 0 Å². The van der Waals surface area contributed by atoms with Crippen molar-refractivity contribution in [3.05, 3.63) is 95.8 Å². The van der Waals surface area contributed by atoms with Gasteiger partial charge < -0.3 is 4.74 Å². The molecule has 0 aliphatic carbocycles. The first kappa shape index (κ1) is 17.7. The molecule has 1 unspecified atom stereocenters. The number of nitrogens with zero attached hydrogens (tertiary/aromatic N) is 3. The van der Waals surface area contributed by atoms with Crippen molar-refractivity contribution in [2.75, 3.05) is 0 Å². The Bertz CT molecular complexity index is 1330. The fraction of sp³-hybridized carbons (Fsp3) is 0.0833. The van der Waals surface area contributed by atoms with Crippen molar-refractivity contribution in [3.63, 3.8) is 0 Å². The number of hydrogen-bond donors (Lipinski definition) is 0. The van der Waals surface area contributed by atoms with E-state index >= 15 is 0 Å². The molecule has 5 rings (SSSR count). The van der Waals surface area contributed by atoms with Crippen molar-refractivity contribution in [1.82, 2.24) is 15.0 Å². The number of aromatic nitrogens is 3. The van der Waals surface area contributed by atoms with Crippen molar-refractivity contribution >= 4 is 33.1 Å². The van der Waals surface area contributed by atoms with Crippen LogP contribution in [0.25, 0.3) is 27.2 Å². The van der Waals surface area contributed by atoms with E-state index in [1.54, 1.807) is 4.68 Å². The third-order valence-corrected chi connectivity index (χ3v) is 5.39. The second kappa shape index (κ2) is 7.22. The zero-order valence-corrected chi connectivity index (χ0v) is 16.5. The van der Waals surface area contributed by atoms with Crippen LogP contribution in [0.5, 0.6) is 5.75 Å². The first-order chi connectivity index (χ1) is 14.2. The summed E-state index contributed by atoms with van der Waals surface area (Å²) in [6.45, 7) is 1.97. The Labute approximate surface area is 173 Å². The van der Waals surface area contributed by atoms with Gasteiger partial charge in [-0.3, -0.25) is 0 Å². The maximum Gasteiger partial charge on any atom is 0.141 e. The molecule has 0 radical (unpaired) electrons. The molecule has 0 N–H and O–H groups in total. The summed E-state index contributed by atoms with van der Waals surface area (Å²) in [7, 11) is 0. The number of hydrogen-bond acceptors (Lipinski definition) is 3. The van der Waals surface area contributed by atoms with E-state index in [1.807, 2.05) is 67.7 Å². The predicted molar refractivity (Wildman–Crippen MR) is 117 cm³/mol. The molecule has 1 heterocycles. The molecule has 142 valence electrons. The second-order valence-electron chi connectivity index (χ2n) is 6.97. The van der Waals surface area contributed by atoms with Crippen LogP contribution in [0.15, 0.2) is 85.1 Å². The van der Waals surface area contributed by atoms with E-state index in [9.17, 15) is 0 Å². The first-order valence-corrected chi connectivity index (χ1v) is 9.82. The summed E-state index contributed by atoms with van der Waals surface area (Å²) in [6, 6.07) is 26.2. The van der Waals surface area contributed by atoms with Gasteiger partial charge in [0.05, 0.1) is 11.9 Å². The van der Waals surface area contributed by atoms with E-state index in [2.05, 4.69) is 34.6 Å². The first-order valence-electron chi connectivity index (χ1n) is 9.44. The number of fused-ring (bicyclic) bond motifs is 2. The van der Waals surface area contributed by atoms with E-state index in [1.165, 1.54) is 10.8 Å². The predicted octanol–water partition coefficient (Wildman–Crippen LogP) is 6.37. The standard InChI is InChI=1S/C24H18ClN3O/c1-16(29-24-13-12-22(25)20-8-4-5-9-21(20)24)23-15-28(27-26-23)19-11-10-17-6-2-3-7-18(17)14-19/h2-16H,1H3. The molecule has 29 heavy (non-hydrogen) atoms. The average molecular weight is 400 g/mol. The van der Waals surface area contributed by atoms with Crippen molar-refractivity contribution in [2.45, 2.75) is 13.0 Å². The summed E-state index contributed by atoms with van der Waals surface area (Å²) in [5.41, 5.74) is 1.73. The van der Waals surface area contributed by atoms with Gasteiger partial charge in [0.1, 0.15) is 17.5 Å². The molecule has 5 heteroatoms. The fourth-order valence-electron chi connectivity index (χ4n) is 3.50. The van der Waals surface area contributed by atoms with Gasteiger partial charge in [0.25, 0.3) is 0 Å². The summed E-state index contributed by atoms with van der Waals surface area (Å²) in [4.78, 5) is 0. The Morgan fingerprint density at radius 2 is 1.62 bits per heavy atom. The highest BCUT2D eigenvalue weighted by atomic mass is 35.5. The Kier molecular flexibility index (Phi) is 4.41. The summed E-state index contributed by atoms with van der Waals surface area (Å²) < 4.78 is 7.99. The van der Waals surface area contributed by atoms with Crippen molar-refractivity contribution < 1.29 is 4.74 Å². The van der Waals surface area contributed by atoms with Gasteiger partial charge >= 0.3 is 0 Å². The maximum absolute atomic E-state index is 6.31. The van der Waals surface area contributed by atoms with Crippen molar-refractivity contribution in [1.29, 1.82) is 0 Å². The minimum absolute atomic E-state index is 0.256. The van der Waals surface area contributed by atoms with Crippen LogP contribution in [0.1, 0.15) is 18.7 Å². The Balaban J connectivity index is 1.44. The summed E-state index contributed by atoms with van der Waals surface area (Å²) >= 11 is 6.31. The molecule has 4 aromatic carbocycles. The molecule has 0 aliphatic rings. The average Bonchev–Trinajstić information content (AvgIpc) is 3.26. The largest absolute Gasteiger partial charge is 0.484 e. The topological polar surface area (TPSA) is 39.9 Å². The van der Waals surface area contributed by atoms with Crippen LogP contribution >= 0.6 is 11.6 Å². The molecule has 1 aromatic heterocycles. The molecule has 0 spiro atoms. The van der Waals surface area contributed by atoms with E-state index in [0.717, 1.165) is 27.9 Å². The maximum atomic E-state index is 6.31. The highest BCUT2D eigenvalue weighted by Crippen LogP contribution is 2.33. The van der Waals surface area contributed by atoms with E-state index in [-0.39, 0.29) is 6.10 Å². The number of halogens is 1. The minimum Gasteiger partial charge on any atom is -0.484 e. The van der Waals surface area contributed by atoms with Gasteiger partial charge in [-0.2, -0.15) is 0 Å². The smallest absolute Gasteiger partial charge is 0.141 e. The highest BCUT2D eigenvalue weighted by Gasteiger charge is 2.15. The number of rotatable bonds is 4. The molecule has 1 atom stereocenters. The molecule has 0 bridgehead atoms. The summed E-state index contributed by atoms with van der Waals surface area (Å²) in [6.07, 6.45) is 1.65. The molecule has 0 saturated heterocycles. The summed E-state index contributed by atoms with van der Waals surface area (Å²) in [5, 5.41) is 13.7. The van der Waals surface area contributed by atoms with Gasteiger partial charge in [-0.25, -0.2) is 4.68 Å². The van der Waals surface area contributed by atoms with Gasteiger partial charge in [0.2, 0.25) is 0 Å². The van der Waals surface area contributed by atoms with Crippen LogP contribution in [0.4, 0.5) is 0 Å². The Morgan fingerprint density at radius 3 is 2.48 bits per heavy atom. The molecule has 0 amide bonds. The van der Waals surface area contributed by atoms with Crippen molar-refractivity contribution in [3.8, 4) is 11.4 Å². The van der Waals surface area contributed by atoms with Crippen LogP contribution in [0.2, 0.25) is 5.02 Å². The molecular weight excluding hydrogens is 382 g/mol. The summed E-state index contributed by atoms with van der Waals surface area (Å²) in [5.74, 6) is 0.776. The van der Waals surface area contributed by atoms with Gasteiger partial charge in [-0.15, -0.1) is 5.10 Å². The van der Waals surface area contributed by atoms with Crippen LogP contribution in [-0.4, -0.2) is 15.0 Å². The van der Waals surface area contributed by atoms with E-state index in [4.69, 9.17) is 16.3 Å². The zero-order chi connectivity index (χ0) is 19.8. The van der Waals surface area contributed by atoms with Crippen LogP contribution in [-0.2, 0) is 0 Å². The Hall–Kier alpha value is -3.37. The quantitative estimate of drug-likeness (QED) is 0.352. The highest BCUT2D eigenvalue weighted by molar-refractivity contribution is 6.35. The van der Waals surface area contributed by atoms with E-state index in [0.29, 0.717) is 5.02 Å². The SMILES string of the molecule is CC(Oc1ccc(Cl)c2ccccc12)c1cn(-c2ccc3ccccc3c2)nn1. The lowest BCUT2D eigenvalue weighted by Crippen LogP contribution is -2.04. The normalized spacial score (nSPS) is 12.3. The molecule has 0 aliphatic heterocycles. The second-order valence-corrected chi connectivity index (χ2v) is 7.38. The molecule has 0 fully saturated rings. The third kappa shape index (κ3) is 3.32. The van der Waals surface area contributed by atoms with Crippen LogP contribution < -0.4 is 4.74 Å². The fourth-order valence-corrected chi connectivity index (χ4v) is 3.72. The monoisotopic (exact) mass is 399 g/mol. The van der Waals surface area contributed by atoms with Gasteiger partial charge in [0.15, 0.2) is 0 Å². The lowest BCUT2D eigenvalue weighted by molar-refractivity contribution is 0.224. The zero-order valence-electron chi connectivity index (χ0n) is 15.8. The molecule has 0 saturated carbocycles. The molecule has 5 aromatic rings. The van der Waals surface area contributed by atoms with Gasteiger partial charge in [-0.1, -0.05) is 71.4 Å². The van der Waals surface area contributed by atoms with Crippen LogP contribution in [0.3, 0.4) is 0 Å². The van der Waals surface area contributed by atoms with Crippen LogP contribution in [0, 0.1) is 0 Å². The van der Waals surface area contributed by atoms with E-state index < -0.39 is 0 Å².